The molecule has 0 unspecified atom stereocenters. The third kappa shape index (κ3) is 4.94. The van der Waals surface area contributed by atoms with Crippen LogP contribution in [0.2, 0.25) is 5.02 Å². The molecule has 1 amide bonds. The van der Waals surface area contributed by atoms with Gasteiger partial charge in [-0.2, -0.15) is 0 Å². The third-order valence-corrected chi connectivity index (χ3v) is 6.63. The SMILES string of the molecule is CCCS(=O)(=O)N1CCC[C@@H](C(=O)N[C@@H](C)c2ccc(Cl)cc2)C1. The van der Waals surface area contributed by atoms with E-state index >= 15 is 0 Å². The molecule has 0 saturated carbocycles. The summed E-state index contributed by atoms with van der Waals surface area (Å²) in [6.07, 6.45) is 2.02. The Morgan fingerprint density at radius 3 is 2.67 bits per heavy atom. The van der Waals surface area contributed by atoms with Crippen LogP contribution < -0.4 is 5.32 Å². The zero-order chi connectivity index (χ0) is 17.7. The van der Waals surface area contributed by atoms with Gasteiger partial charge < -0.3 is 5.32 Å². The van der Waals surface area contributed by atoms with E-state index < -0.39 is 10.0 Å². The van der Waals surface area contributed by atoms with Crippen LogP contribution in [0.4, 0.5) is 0 Å². The predicted octanol–water partition coefficient (Wildman–Crippen LogP) is 2.97. The number of benzene rings is 1. The second kappa shape index (κ2) is 8.32. The van der Waals surface area contributed by atoms with Gasteiger partial charge in [-0.05, 0) is 43.9 Å². The van der Waals surface area contributed by atoms with Crippen molar-refractivity contribution in [1.29, 1.82) is 0 Å². The number of halogens is 1. The van der Waals surface area contributed by atoms with E-state index in [4.69, 9.17) is 11.6 Å². The summed E-state index contributed by atoms with van der Waals surface area (Å²) in [5.74, 6) is -0.239. The van der Waals surface area contributed by atoms with Crippen LogP contribution in [0.3, 0.4) is 0 Å². The first-order valence-electron chi connectivity index (χ1n) is 8.37. The number of amides is 1. The molecular weight excluding hydrogens is 348 g/mol. The van der Waals surface area contributed by atoms with Crippen molar-refractivity contribution < 1.29 is 13.2 Å². The van der Waals surface area contributed by atoms with E-state index in [0.717, 1.165) is 18.4 Å². The van der Waals surface area contributed by atoms with Crippen LogP contribution in [0.15, 0.2) is 24.3 Å². The molecule has 7 heteroatoms. The van der Waals surface area contributed by atoms with Crippen molar-refractivity contribution >= 4 is 27.5 Å². The molecule has 2 rings (SSSR count). The maximum absolute atomic E-state index is 12.5. The minimum absolute atomic E-state index is 0.0890. The number of sulfonamides is 1. The lowest BCUT2D eigenvalue weighted by atomic mass is 9.98. The van der Waals surface area contributed by atoms with Crippen LogP contribution in [-0.4, -0.2) is 37.5 Å². The Hall–Kier alpha value is -1.11. The van der Waals surface area contributed by atoms with Gasteiger partial charge >= 0.3 is 0 Å². The Balaban J connectivity index is 1.97. The summed E-state index contributed by atoms with van der Waals surface area (Å²) in [5.41, 5.74) is 0.971. The Kier molecular flexibility index (Phi) is 6.66. The maximum Gasteiger partial charge on any atom is 0.224 e. The van der Waals surface area contributed by atoms with E-state index in [1.807, 2.05) is 26.0 Å². The summed E-state index contributed by atoms with van der Waals surface area (Å²) >= 11 is 5.88. The largest absolute Gasteiger partial charge is 0.349 e. The van der Waals surface area contributed by atoms with Crippen LogP contribution in [0.1, 0.15) is 44.7 Å². The van der Waals surface area contributed by atoms with Crippen LogP contribution in [0.5, 0.6) is 0 Å². The van der Waals surface area contributed by atoms with Gasteiger partial charge in [-0.15, -0.1) is 0 Å². The zero-order valence-corrected chi connectivity index (χ0v) is 15.7. The van der Waals surface area contributed by atoms with Crippen molar-refractivity contribution in [2.75, 3.05) is 18.8 Å². The highest BCUT2D eigenvalue weighted by Crippen LogP contribution is 2.22. The highest BCUT2D eigenvalue weighted by atomic mass is 35.5. The average molecular weight is 373 g/mol. The van der Waals surface area contributed by atoms with E-state index in [1.165, 1.54) is 4.31 Å². The minimum atomic E-state index is -3.25. The predicted molar refractivity (Wildman–Crippen MR) is 96.4 cm³/mol. The summed E-state index contributed by atoms with van der Waals surface area (Å²) in [4.78, 5) is 12.5. The number of hydrogen-bond donors (Lipinski definition) is 1. The number of hydrogen-bond acceptors (Lipinski definition) is 3. The minimum Gasteiger partial charge on any atom is -0.349 e. The van der Waals surface area contributed by atoms with E-state index in [1.54, 1.807) is 12.1 Å². The molecule has 1 aromatic carbocycles. The standard InChI is InChI=1S/C17H25ClN2O3S/c1-3-11-24(22,23)20-10-4-5-15(12-20)17(21)19-13(2)14-6-8-16(18)9-7-14/h6-9,13,15H,3-5,10-12H2,1-2H3,(H,19,21)/t13-,15+/m0/s1. The molecular formula is C17H25ClN2O3S. The molecule has 1 fully saturated rings. The smallest absolute Gasteiger partial charge is 0.224 e. The normalized spacial score (nSPS) is 20.5. The van der Waals surface area contributed by atoms with Crippen LogP contribution in [0.25, 0.3) is 0 Å². The molecule has 2 atom stereocenters. The molecule has 0 aromatic heterocycles. The summed E-state index contributed by atoms with van der Waals surface area (Å²) in [5, 5.41) is 3.64. The Labute approximate surface area is 149 Å². The molecule has 134 valence electrons. The first-order chi connectivity index (χ1) is 11.3. The lowest BCUT2D eigenvalue weighted by molar-refractivity contribution is -0.126. The second-order valence-corrected chi connectivity index (χ2v) is 8.82. The van der Waals surface area contributed by atoms with E-state index in [-0.39, 0.29) is 30.2 Å². The van der Waals surface area contributed by atoms with Gasteiger partial charge in [0.05, 0.1) is 17.7 Å². The van der Waals surface area contributed by atoms with Crippen LogP contribution >= 0.6 is 11.6 Å². The first-order valence-corrected chi connectivity index (χ1v) is 10.4. The van der Waals surface area contributed by atoms with Crippen molar-refractivity contribution in [3.63, 3.8) is 0 Å². The number of carbonyl (C=O) groups excluding carboxylic acids is 1. The molecule has 1 heterocycles. The van der Waals surface area contributed by atoms with Gasteiger partial charge in [0.25, 0.3) is 0 Å². The quantitative estimate of drug-likeness (QED) is 0.834. The van der Waals surface area contributed by atoms with Gasteiger partial charge in [0, 0.05) is 18.1 Å². The highest BCUT2D eigenvalue weighted by molar-refractivity contribution is 7.89. The fourth-order valence-corrected chi connectivity index (χ4v) is 4.68. The molecule has 1 aliphatic heterocycles. The van der Waals surface area contributed by atoms with Crippen molar-refractivity contribution in [2.45, 2.75) is 39.2 Å². The Bertz CT molecular complexity index is 661. The maximum atomic E-state index is 12.5. The highest BCUT2D eigenvalue weighted by Gasteiger charge is 2.32. The third-order valence-electron chi connectivity index (χ3n) is 4.34. The molecule has 5 nitrogen and oxygen atoms in total. The molecule has 1 aliphatic rings. The number of carbonyl (C=O) groups is 1. The second-order valence-electron chi connectivity index (χ2n) is 6.30. The monoisotopic (exact) mass is 372 g/mol. The average Bonchev–Trinajstić information content (AvgIpc) is 2.55. The van der Waals surface area contributed by atoms with E-state index in [2.05, 4.69) is 5.32 Å². The molecule has 0 spiro atoms. The topological polar surface area (TPSA) is 66.5 Å². The van der Waals surface area contributed by atoms with Crippen molar-refractivity contribution in [1.82, 2.24) is 9.62 Å². The number of nitrogens with zero attached hydrogens (tertiary/aromatic N) is 1. The Morgan fingerprint density at radius 1 is 1.38 bits per heavy atom. The molecule has 1 N–H and O–H groups in total. The van der Waals surface area contributed by atoms with E-state index in [9.17, 15) is 13.2 Å². The van der Waals surface area contributed by atoms with Gasteiger partial charge in [0.15, 0.2) is 0 Å². The zero-order valence-electron chi connectivity index (χ0n) is 14.2. The summed E-state index contributed by atoms with van der Waals surface area (Å²) in [6.45, 7) is 4.55. The van der Waals surface area contributed by atoms with Crippen LogP contribution in [0, 0.1) is 5.92 Å². The molecule has 0 bridgehead atoms. The van der Waals surface area contributed by atoms with Crippen LogP contribution in [-0.2, 0) is 14.8 Å². The number of piperidine rings is 1. The summed E-state index contributed by atoms with van der Waals surface area (Å²) in [6, 6.07) is 7.20. The van der Waals surface area contributed by atoms with E-state index in [0.29, 0.717) is 18.0 Å². The molecule has 24 heavy (non-hydrogen) atoms. The van der Waals surface area contributed by atoms with Gasteiger partial charge in [-0.3, -0.25) is 4.79 Å². The van der Waals surface area contributed by atoms with Gasteiger partial charge in [0.2, 0.25) is 15.9 Å². The molecule has 0 radical (unpaired) electrons. The number of rotatable bonds is 6. The molecule has 1 aromatic rings. The van der Waals surface area contributed by atoms with Gasteiger partial charge in [-0.1, -0.05) is 30.7 Å². The molecule has 1 saturated heterocycles. The van der Waals surface area contributed by atoms with Gasteiger partial charge in [0.1, 0.15) is 0 Å². The number of nitrogens with one attached hydrogen (secondary N) is 1. The fraction of sp³-hybridized carbons (Fsp3) is 0.588. The Morgan fingerprint density at radius 2 is 2.04 bits per heavy atom. The summed E-state index contributed by atoms with van der Waals surface area (Å²) in [7, 11) is -3.25. The van der Waals surface area contributed by atoms with Crippen molar-refractivity contribution in [3.05, 3.63) is 34.9 Å². The first kappa shape index (κ1) is 19.2. The van der Waals surface area contributed by atoms with Crippen molar-refractivity contribution in [3.8, 4) is 0 Å². The lowest BCUT2D eigenvalue weighted by Crippen LogP contribution is -2.46. The lowest BCUT2D eigenvalue weighted by Gasteiger charge is -2.31. The molecule has 0 aliphatic carbocycles. The summed E-state index contributed by atoms with van der Waals surface area (Å²) < 4.78 is 25.9. The fourth-order valence-electron chi connectivity index (χ4n) is 2.96. The van der Waals surface area contributed by atoms with Gasteiger partial charge in [-0.25, -0.2) is 12.7 Å². The van der Waals surface area contributed by atoms with Crippen molar-refractivity contribution in [2.24, 2.45) is 5.92 Å².